The molecule has 0 saturated carbocycles. The van der Waals surface area contributed by atoms with Gasteiger partial charge in [-0.2, -0.15) is 0 Å². The summed E-state index contributed by atoms with van der Waals surface area (Å²) in [7, 11) is 1.84. The number of nitrogens with zero attached hydrogens (tertiary/aromatic N) is 1. The lowest BCUT2D eigenvalue weighted by Crippen LogP contribution is -2.25. The molecule has 1 atom stereocenters. The molecule has 5 heteroatoms. The maximum atomic E-state index is 10.6. The minimum Gasteiger partial charge on any atom is -0.475 e. The van der Waals surface area contributed by atoms with Gasteiger partial charge in [-0.05, 0) is 26.1 Å². The number of aliphatic hydroxyl groups is 1. The van der Waals surface area contributed by atoms with Gasteiger partial charge in [0.05, 0.1) is 12.6 Å². The molecule has 1 rings (SSSR count). The van der Waals surface area contributed by atoms with Crippen LogP contribution < -0.4 is 0 Å². The van der Waals surface area contributed by atoms with E-state index < -0.39 is 5.97 Å². The summed E-state index contributed by atoms with van der Waals surface area (Å²) in [4.78, 5) is 12.5. The van der Waals surface area contributed by atoms with Gasteiger partial charge in [0, 0.05) is 6.54 Å². The van der Waals surface area contributed by atoms with Crippen LogP contribution in [-0.2, 0) is 0 Å². The summed E-state index contributed by atoms with van der Waals surface area (Å²) in [5, 5.41) is 17.4. The van der Waals surface area contributed by atoms with E-state index in [1.807, 2.05) is 18.9 Å². The molecule has 0 bridgehead atoms. The molecule has 0 aromatic carbocycles. The van der Waals surface area contributed by atoms with Gasteiger partial charge in [0.25, 0.3) is 0 Å². The molecule has 5 nitrogen and oxygen atoms in total. The molecule has 1 unspecified atom stereocenters. The predicted molar refractivity (Wildman–Crippen MR) is 53.8 cm³/mol. The van der Waals surface area contributed by atoms with E-state index in [1.54, 1.807) is 6.07 Å². The summed E-state index contributed by atoms with van der Waals surface area (Å²) in [6.45, 7) is 2.47. The van der Waals surface area contributed by atoms with Crippen LogP contribution in [-0.4, -0.2) is 41.3 Å². The fraction of sp³-hybridized carbons (Fsp3) is 0.500. The zero-order valence-corrected chi connectivity index (χ0v) is 8.80. The third-order valence-corrected chi connectivity index (χ3v) is 2.36. The Labute approximate surface area is 87.9 Å². The van der Waals surface area contributed by atoms with Crippen LogP contribution >= 0.6 is 0 Å². The minimum absolute atomic E-state index is 0.0507. The van der Waals surface area contributed by atoms with Gasteiger partial charge in [-0.1, -0.05) is 0 Å². The van der Waals surface area contributed by atoms with Crippen LogP contribution in [0.2, 0.25) is 0 Å². The van der Waals surface area contributed by atoms with Crippen molar-refractivity contribution < 1.29 is 19.4 Å². The van der Waals surface area contributed by atoms with Crippen molar-refractivity contribution in [2.24, 2.45) is 0 Å². The zero-order valence-electron chi connectivity index (χ0n) is 8.80. The second-order valence-corrected chi connectivity index (χ2v) is 3.39. The summed E-state index contributed by atoms with van der Waals surface area (Å²) in [5.74, 6) is -0.546. The van der Waals surface area contributed by atoms with E-state index in [2.05, 4.69) is 0 Å². The van der Waals surface area contributed by atoms with Crippen LogP contribution in [0.25, 0.3) is 0 Å². The largest absolute Gasteiger partial charge is 0.475 e. The van der Waals surface area contributed by atoms with Crippen molar-refractivity contribution in [3.63, 3.8) is 0 Å². The Morgan fingerprint density at radius 2 is 2.27 bits per heavy atom. The lowest BCUT2D eigenvalue weighted by Gasteiger charge is -2.21. The molecule has 0 aliphatic carbocycles. The van der Waals surface area contributed by atoms with Crippen molar-refractivity contribution in [3.05, 3.63) is 23.7 Å². The van der Waals surface area contributed by atoms with Gasteiger partial charge in [0.1, 0.15) is 5.76 Å². The number of carboxylic acids is 1. The maximum absolute atomic E-state index is 10.6. The monoisotopic (exact) mass is 213 g/mol. The standard InChI is InChI=1S/C10H15NO4/c1-7(11(2)5-6-12)8-3-4-9(15-8)10(13)14/h3-4,7,12H,5-6H2,1-2H3,(H,13,14). The number of aromatic carboxylic acids is 1. The first-order valence-electron chi connectivity index (χ1n) is 4.70. The fourth-order valence-electron chi connectivity index (χ4n) is 1.26. The van der Waals surface area contributed by atoms with Crippen molar-refractivity contribution >= 4 is 5.97 Å². The van der Waals surface area contributed by atoms with E-state index in [9.17, 15) is 4.79 Å². The fourth-order valence-corrected chi connectivity index (χ4v) is 1.26. The van der Waals surface area contributed by atoms with Gasteiger partial charge in [-0.15, -0.1) is 0 Å². The van der Waals surface area contributed by atoms with Gasteiger partial charge < -0.3 is 14.6 Å². The first kappa shape index (κ1) is 11.7. The van der Waals surface area contributed by atoms with Gasteiger partial charge in [0.15, 0.2) is 0 Å². The van der Waals surface area contributed by atoms with Gasteiger partial charge in [-0.3, -0.25) is 4.90 Å². The number of furan rings is 1. The van der Waals surface area contributed by atoms with E-state index in [0.717, 1.165) is 0 Å². The summed E-state index contributed by atoms with van der Waals surface area (Å²) >= 11 is 0. The Morgan fingerprint density at radius 1 is 1.60 bits per heavy atom. The second kappa shape index (κ2) is 4.95. The van der Waals surface area contributed by atoms with Crippen LogP contribution in [0, 0.1) is 0 Å². The molecule has 1 aromatic rings. The Morgan fingerprint density at radius 3 is 2.73 bits per heavy atom. The Hall–Kier alpha value is -1.33. The first-order valence-corrected chi connectivity index (χ1v) is 4.70. The van der Waals surface area contributed by atoms with Crippen molar-refractivity contribution in [1.82, 2.24) is 4.90 Å². The minimum atomic E-state index is -1.07. The van der Waals surface area contributed by atoms with E-state index in [1.165, 1.54) is 6.07 Å². The number of rotatable bonds is 5. The topological polar surface area (TPSA) is 73.9 Å². The van der Waals surface area contributed by atoms with E-state index in [-0.39, 0.29) is 18.4 Å². The number of hydrogen-bond acceptors (Lipinski definition) is 4. The SMILES string of the molecule is CC(c1ccc(C(=O)O)o1)N(C)CCO. The quantitative estimate of drug-likeness (QED) is 0.762. The Bertz CT molecular complexity index is 334. The predicted octanol–water partition coefficient (Wildman–Crippen LogP) is 0.963. The molecular formula is C10H15NO4. The van der Waals surface area contributed by atoms with Gasteiger partial charge >= 0.3 is 5.97 Å². The first-order chi connectivity index (χ1) is 7.06. The number of carboxylic acid groups (broad SMARTS) is 1. The van der Waals surface area contributed by atoms with Crippen molar-refractivity contribution in [2.75, 3.05) is 20.2 Å². The molecule has 84 valence electrons. The molecule has 0 amide bonds. The van der Waals surface area contributed by atoms with Crippen LogP contribution in [0.4, 0.5) is 0 Å². The number of carbonyl (C=O) groups is 1. The average molecular weight is 213 g/mol. The molecule has 1 aromatic heterocycles. The normalized spacial score (nSPS) is 13.1. The molecule has 0 spiro atoms. The summed E-state index contributed by atoms with van der Waals surface area (Å²) in [5.41, 5.74) is 0. The molecular weight excluding hydrogens is 198 g/mol. The van der Waals surface area contributed by atoms with Gasteiger partial charge in [-0.25, -0.2) is 4.79 Å². The van der Waals surface area contributed by atoms with E-state index in [4.69, 9.17) is 14.6 Å². The molecule has 0 radical (unpaired) electrons. The molecule has 0 aliphatic rings. The zero-order chi connectivity index (χ0) is 11.4. The maximum Gasteiger partial charge on any atom is 0.371 e. The smallest absolute Gasteiger partial charge is 0.371 e. The van der Waals surface area contributed by atoms with Crippen LogP contribution in [0.3, 0.4) is 0 Å². The molecule has 2 N–H and O–H groups in total. The van der Waals surface area contributed by atoms with Crippen LogP contribution in [0.15, 0.2) is 16.5 Å². The molecule has 15 heavy (non-hydrogen) atoms. The van der Waals surface area contributed by atoms with E-state index >= 15 is 0 Å². The third kappa shape index (κ3) is 2.81. The highest BCUT2D eigenvalue weighted by atomic mass is 16.4. The van der Waals surface area contributed by atoms with Gasteiger partial charge in [0.2, 0.25) is 5.76 Å². The van der Waals surface area contributed by atoms with Crippen molar-refractivity contribution in [3.8, 4) is 0 Å². The highest BCUT2D eigenvalue weighted by Crippen LogP contribution is 2.20. The highest BCUT2D eigenvalue weighted by molar-refractivity contribution is 5.84. The lowest BCUT2D eigenvalue weighted by molar-refractivity contribution is 0.0656. The van der Waals surface area contributed by atoms with Crippen molar-refractivity contribution in [1.29, 1.82) is 0 Å². The Balaban J connectivity index is 2.73. The van der Waals surface area contributed by atoms with Crippen LogP contribution in [0.5, 0.6) is 0 Å². The molecule has 0 saturated heterocycles. The second-order valence-electron chi connectivity index (χ2n) is 3.39. The van der Waals surface area contributed by atoms with E-state index in [0.29, 0.717) is 12.3 Å². The highest BCUT2D eigenvalue weighted by Gasteiger charge is 2.17. The molecule has 1 heterocycles. The summed E-state index contributed by atoms with van der Waals surface area (Å²) in [6.07, 6.45) is 0. The van der Waals surface area contributed by atoms with Crippen molar-refractivity contribution in [2.45, 2.75) is 13.0 Å². The number of likely N-dealkylation sites (N-methyl/N-ethyl adjacent to an activating group) is 1. The lowest BCUT2D eigenvalue weighted by atomic mass is 10.2. The van der Waals surface area contributed by atoms with Crippen LogP contribution in [0.1, 0.15) is 29.3 Å². The summed E-state index contributed by atoms with van der Waals surface area (Å²) in [6, 6.07) is 3.02. The molecule has 0 fully saturated rings. The molecule has 0 aliphatic heterocycles. The number of hydrogen-bond donors (Lipinski definition) is 2. The average Bonchev–Trinajstić information content (AvgIpc) is 2.65. The summed E-state index contributed by atoms with van der Waals surface area (Å²) < 4.78 is 5.15. The third-order valence-electron chi connectivity index (χ3n) is 2.36. The number of aliphatic hydroxyl groups excluding tert-OH is 1. The Kier molecular flexibility index (Phi) is 3.88.